The van der Waals surface area contributed by atoms with Crippen LogP contribution in [0.3, 0.4) is 0 Å². The lowest BCUT2D eigenvalue weighted by Crippen LogP contribution is -2.11. The number of ether oxygens (including phenoxy) is 1. The van der Waals surface area contributed by atoms with Crippen molar-refractivity contribution in [1.29, 1.82) is 0 Å². The maximum absolute atomic E-state index is 12.3. The highest BCUT2D eigenvalue weighted by molar-refractivity contribution is 7.99. The first-order valence-corrected chi connectivity index (χ1v) is 9.23. The highest BCUT2D eigenvalue weighted by Gasteiger charge is 2.19. The molecule has 0 radical (unpaired) electrons. The number of fused-ring (bicyclic) bond motifs is 3. The molecule has 7 heteroatoms. The number of hydrogen-bond donors (Lipinski definition) is 1. The number of thiophene rings is 1. The number of methoxy groups -OCH3 is 1. The third-order valence-corrected chi connectivity index (χ3v) is 5.94. The van der Waals surface area contributed by atoms with Crippen molar-refractivity contribution in [2.75, 3.05) is 12.9 Å². The molecule has 5 nitrogen and oxygen atoms in total. The highest BCUT2D eigenvalue weighted by Crippen LogP contribution is 2.34. The van der Waals surface area contributed by atoms with E-state index in [1.165, 1.54) is 35.7 Å². The Hall–Kier alpha value is -1.34. The molecule has 22 heavy (non-hydrogen) atoms. The van der Waals surface area contributed by atoms with E-state index in [1.807, 2.05) is 0 Å². The van der Waals surface area contributed by atoms with Crippen LogP contribution in [0.1, 0.15) is 36.1 Å². The molecule has 0 unspecified atom stereocenters. The number of carbonyl (C=O) groups is 1. The summed E-state index contributed by atoms with van der Waals surface area (Å²) >= 11 is 3.14. The van der Waals surface area contributed by atoms with E-state index in [-0.39, 0.29) is 11.5 Å². The van der Waals surface area contributed by atoms with Crippen LogP contribution in [0.15, 0.2) is 9.95 Å². The second-order valence-electron chi connectivity index (χ2n) is 5.29. The minimum atomic E-state index is -0.205. The molecular weight excluding hydrogens is 320 g/mol. The van der Waals surface area contributed by atoms with Gasteiger partial charge in [0.15, 0.2) is 5.16 Å². The van der Waals surface area contributed by atoms with E-state index < -0.39 is 0 Å². The Morgan fingerprint density at radius 3 is 3.05 bits per heavy atom. The van der Waals surface area contributed by atoms with Crippen molar-refractivity contribution in [1.82, 2.24) is 9.97 Å². The SMILES string of the molecule is COC(=O)CCCSc1nc2sc3c(c2c(=O)[nH]1)CCCC3. The van der Waals surface area contributed by atoms with Crippen LogP contribution < -0.4 is 5.56 Å². The topological polar surface area (TPSA) is 72.0 Å². The molecule has 1 aliphatic carbocycles. The van der Waals surface area contributed by atoms with Gasteiger partial charge < -0.3 is 9.72 Å². The van der Waals surface area contributed by atoms with Crippen molar-refractivity contribution in [3.8, 4) is 0 Å². The summed E-state index contributed by atoms with van der Waals surface area (Å²) in [4.78, 5) is 33.0. The van der Waals surface area contributed by atoms with Gasteiger partial charge >= 0.3 is 5.97 Å². The van der Waals surface area contributed by atoms with Crippen molar-refractivity contribution in [3.05, 3.63) is 20.8 Å². The number of carbonyl (C=O) groups excluding carboxylic acids is 1. The average Bonchev–Trinajstić information content (AvgIpc) is 2.90. The Kier molecular flexibility index (Phi) is 4.83. The van der Waals surface area contributed by atoms with Gasteiger partial charge in [0.1, 0.15) is 4.83 Å². The molecule has 1 aliphatic rings. The van der Waals surface area contributed by atoms with E-state index in [0.717, 1.165) is 35.2 Å². The fourth-order valence-corrected chi connectivity index (χ4v) is 4.82. The Balaban J connectivity index is 1.75. The van der Waals surface area contributed by atoms with Crippen LogP contribution >= 0.6 is 23.1 Å². The van der Waals surface area contributed by atoms with Gasteiger partial charge in [0, 0.05) is 17.1 Å². The van der Waals surface area contributed by atoms with Crippen LogP contribution in [-0.4, -0.2) is 28.8 Å². The molecule has 3 rings (SSSR count). The monoisotopic (exact) mass is 338 g/mol. The van der Waals surface area contributed by atoms with E-state index in [2.05, 4.69) is 14.7 Å². The normalized spacial score (nSPS) is 14.0. The molecular formula is C15H18N2O3S2. The number of aryl methyl sites for hydroxylation is 2. The van der Waals surface area contributed by atoms with Crippen molar-refractivity contribution in [2.24, 2.45) is 0 Å². The first-order valence-electron chi connectivity index (χ1n) is 7.43. The summed E-state index contributed by atoms with van der Waals surface area (Å²) in [7, 11) is 1.39. The maximum atomic E-state index is 12.3. The van der Waals surface area contributed by atoms with Crippen molar-refractivity contribution in [3.63, 3.8) is 0 Å². The highest BCUT2D eigenvalue weighted by atomic mass is 32.2. The number of nitrogens with one attached hydrogen (secondary N) is 1. The van der Waals surface area contributed by atoms with E-state index in [4.69, 9.17) is 0 Å². The Morgan fingerprint density at radius 1 is 1.41 bits per heavy atom. The molecule has 2 heterocycles. The minimum Gasteiger partial charge on any atom is -0.469 e. The van der Waals surface area contributed by atoms with Crippen molar-refractivity contribution in [2.45, 2.75) is 43.7 Å². The number of thioether (sulfide) groups is 1. The van der Waals surface area contributed by atoms with Gasteiger partial charge in [0.25, 0.3) is 5.56 Å². The lowest BCUT2D eigenvalue weighted by Gasteiger charge is -2.09. The number of aromatic nitrogens is 2. The van der Waals surface area contributed by atoms with E-state index in [9.17, 15) is 9.59 Å². The summed E-state index contributed by atoms with van der Waals surface area (Å²) in [5, 5.41) is 1.43. The standard InChI is InChI=1S/C15H18N2O3S2/c1-20-11(18)7-4-8-21-15-16-13(19)12-9-5-2-3-6-10(9)22-14(12)17-15/h2-8H2,1H3,(H,16,17,19). The third-order valence-electron chi connectivity index (χ3n) is 3.80. The summed E-state index contributed by atoms with van der Waals surface area (Å²) in [6, 6.07) is 0. The van der Waals surface area contributed by atoms with Gasteiger partial charge in [-0.05, 0) is 37.7 Å². The number of rotatable bonds is 5. The first-order chi connectivity index (χ1) is 10.7. The fraction of sp³-hybridized carbons (Fsp3) is 0.533. The van der Waals surface area contributed by atoms with Gasteiger partial charge in [-0.15, -0.1) is 11.3 Å². The second kappa shape index (κ2) is 6.83. The van der Waals surface area contributed by atoms with Gasteiger partial charge in [-0.2, -0.15) is 0 Å². The molecule has 0 fully saturated rings. The van der Waals surface area contributed by atoms with Gasteiger partial charge in [-0.25, -0.2) is 4.98 Å². The molecule has 0 aliphatic heterocycles. The van der Waals surface area contributed by atoms with Crippen LogP contribution in [0.5, 0.6) is 0 Å². The first kappa shape index (κ1) is 15.6. The Morgan fingerprint density at radius 2 is 2.23 bits per heavy atom. The van der Waals surface area contributed by atoms with Gasteiger partial charge in [0.05, 0.1) is 12.5 Å². The zero-order valence-corrected chi connectivity index (χ0v) is 14.1. The summed E-state index contributed by atoms with van der Waals surface area (Å²) in [5.74, 6) is 0.526. The van der Waals surface area contributed by atoms with Crippen LogP contribution in [0.25, 0.3) is 10.2 Å². The number of nitrogens with zero attached hydrogens (tertiary/aromatic N) is 1. The molecule has 0 saturated carbocycles. The molecule has 0 saturated heterocycles. The molecule has 0 bridgehead atoms. The predicted octanol–water partition coefficient (Wildman–Crippen LogP) is 2.91. The molecule has 0 amide bonds. The summed E-state index contributed by atoms with van der Waals surface area (Å²) in [5.41, 5.74) is 1.18. The molecule has 118 valence electrons. The lowest BCUT2D eigenvalue weighted by molar-refractivity contribution is -0.140. The largest absolute Gasteiger partial charge is 0.469 e. The summed E-state index contributed by atoms with van der Waals surface area (Å²) in [6.07, 6.45) is 5.52. The van der Waals surface area contributed by atoms with Crippen LogP contribution in [-0.2, 0) is 22.4 Å². The Labute approximate surface area is 136 Å². The second-order valence-corrected chi connectivity index (χ2v) is 7.46. The van der Waals surface area contributed by atoms with E-state index in [0.29, 0.717) is 18.0 Å². The lowest BCUT2D eigenvalue weighted by atomic mass is 9.97. The number of H-pyrrole nitrogens is 1. The van der Waals surface area contributed by atoms with Crippen LogP contribution in [0.4, 0.5) is 0 Å². The molecule has 2 aromatic heterocycles. The predicted molar refractivity (Wildman–Crippen MR) is 88.9 cm³/mol. The van der Waals surface area contributed by atoms with E-state index >= 15 is 0 Å². The van der Waals surface area contributed by atoms with Gasteiger partial charge in [-0.1, -0.05) is 11.8 Å². The molecule has 2 aromatic rings. The third kappa shape index (κ3) is 3.20. The smallest absolute Gasteiger partial charge is 0.305 e. The van der Waals surface area contributed by atoms with Crippen molar-refractivity contribution >= 4 is 39.3 Å². The van der Waals surface area contributed by atoms with Gasteiger partial charge in [0.2, 0.25) is 0 Å². The quantitative estimate of drug-likeness (QED) is 0.393. The zero-order chi connectivity index (χ0) is 15.5. The van der Waals surface area contributed by atoms with Crippen LogP contribution in [0.2, 0.25) is 0 Å². The molecule has 0 aromatic carbocycles. The Bertz CT molecular complexity index is 751. The van der Waals surface area contributed by atoms with E-state index in [1.54, 1.807) is 11.3 Å². The van der Waals surface area contributed by atoms with Crippen molar-refractivity contribution < 1.29 is 9.53 Å². The molecule has 0 atom stereocenters. The number of esters is 1. The summed E-state index contributed by atoms with van der Waals surface area (Å²) < 4.78 is 4.61. The number of hydrogen-bond acceptors (Lipinski definition) is 6. The molecule has 1 N–H and O–H groups in total. The maximum Gasteiger partial charge on any atom is 0.305 e. The zero-order valence-electron chi connectivity index (χ0n) is 12.4. The van der Waals surface area contributed by atoms with Gasteiger partial charge in [-0.3, -0.25) is 9.59 Å². The fourth-order valence-electron chi connectivity index (χ4n) is 2.70. The minimum absolute atomic E-state index is 0.0279. The summed E-state index contributed by atoms with van der Waals surface area (Å²) in [6.45, 7) is 0. The molecule has 0 spiro atoms. The average molecular weight is 338 g/mol. The van der Waals surface area contributed by atoms with Crippen LogP contribution in [0, 0.1) is 0 Å². The number of aromatic amines is 1.